The van der Waals surface area contributed by atoms with Gasteiger partial charge < -0.3 is 14.5 Å². The first-order valence-electron chi connectivity index (χ1n) is 12.3. The zero-order chi connectivity index (χ0) is 29.1. The molecule has 10 heteroatoms. The number of hydrazone groups is 1. The van der Waals surface area contributed by atoms with E-state index in [1.54, 1.807) is 49.6 Å². The molecule has 0 saturated heterocycles. The Kier molecular flexibility index (Phi) is 8.58. The molecule has 0 unspecified atom stereocenters. The minimum atomic E-state index is -0.520. The fourth-order valence-electron chi connectivity index (χ4n) is 4.34. The van der Waals surface area contributed by atoms with Gasteiger partial charge in [-0.1, -0.05) is 63.4 Å². The predicted octanol–water partition coefficient (Wildman–Crippen LogP) is 8.31. The molecule has 4 aromatic carbocycles. The smallest absolute Gasteiger partial charge is 0.343 e. The number of carbonyl (C=O) groups excluding carboxylic acids is 2. The van der Waals surface area contributed by atoms with Crippen molar-refractivity contribution < 1.29 is 19.1 Å². The van der Waals surface area contributed by atoms with E-state index in [9.17, 15) is 9.59 Å². The summed E-state index contributed by atoms with van der Waals surface area (Å²) >= 11 is 13.4. The number of aromatic amines is 1. The third-order valence-electron chi connectivity index (χ3n) is 6.23. The zero-order valence-corrected chi connectivity index (χ0v) is 25.7. The van der Waals surface area contributed by atoms with Crippen molar-refractivity contribution in [3.05, 3.63) is 115 Å². The molecule has 0 radical (unpaired) electrons. The molecule has 7 nitrogen and oxygen atoms in total. The van der Waals surface area contributed by atoms with Crippen LogP contribution in [0.15, 0.2) is 92.9 Å². The van der Waals surface area contributed by atoms with E-state index >= 15 is 0 Å². The van der Waals surface area contributed by atoms with Crippen LogP contribution in [0.5, 0.6) is 11.5 Å². The molecule has 0 aliphatic rings. The monoisotopic (exact) mass is 693 g/mol. The molecule has 41 heavy (non-hydrogen) atoms. The van der Waals surface area contributed by atoms with E-state index in [-0.39, 0.29) is 11.4 Å². The van der Waals surface area contributed by atoms with E-state index < -0.39 is 11.9 Å². The molecule has 5 aromatic rings. The van der Waals surface area contributed by atoms with Crippen LogP contribution in [0.25, 0.3) is 22.0 Å². The molecule has 0 saturated carbocycles. The van der Waals surface area contributed by atoms with Crippen LogP contribution in [0.1, 0.15) is 32.0 Å². The molecule has 0 aliphatic carbocycles. The van der Waals surface area contributed by atoms with E-state index in [4.69, 9.17) is 21.1 Å². The normalized spacial score (nSPS) is 11.1. The topological polar surface area (TPSA) is 92.8 Å². The number of fused-ring (bicyclic) bond motifs is 1. The summed E-state index contributed by atoms with van der Waals surface area (Å²) in [4.78, 5) is 29.5. The third kappa shape index (κ3) is 6.22. The van der Waals surface area contributed by atoms with Gasteiger partial charge in [-0.2, -0.15) is 5.10 Å². The van der Waals surface area contributed by atoms with Gasteiger partial charge in [-0.05, 0) is 71.4 Å². The lowest BCUT2D eigenvalue weighted by molar-refractivity contribution is 0.0732. The number of amides is 1. The number of aryl methyl sites for hydroxylation is 1. The maximum absolute atomic E-state index is 13.4. The lowest BCUT2D eigenvalue weighted by atomic mass is 10.0. The van der Waals surface area contributed by atoms with Crippen LogP contribution in [0.3, 0.4) is 0 Å². The second-order valence-electron chi connectivity index (χ2n) is 9.03. The second-order valence-corrected chi connectivity index (χ2v) is 11.2. The average molecular weight is 696 g/mol. The van der Waals surface area contributed by atoms with Crippen LogP contribution in [0, 0.1) is 6.92 Å². The standard InChI is InChI=1S/C31H22Br2ClN3O4/c1-17-6-5-7-18(12-17)31(39)41-29-19(13-20(32)14-24(29)33)16-35-37-30(38)28-27(22-8-3-4-9-25(22)34)23-15-21(40-2)10-11-26(23)36-28/h3-16,36H,1-2H3,(H,37,38). The number of hydrogen-bond donors (Lipinski definition) is 2. The number of rotatable bonds is 7. The number of nitrogens with one attached hydrogen (secondary N) is 2. The van der Waals surface area contributed by atoms with Crippen molar-refractivity contribution in [2.45, 2.75) is 6.92 Å². The van der Waals surface area contributed by atoms with E-state index in [1.165, 1.54) is 6.21 Å². The number of hydrogen-bond acceptors (Lipinski definition) is 5. The summed E-state index contributed by atoms with van der Waals surface area (Å²) in [5, 5.41) is 5.45. The molecule has 0 atom stereocenters. The van der Waals surface area contributed by atoms with Gasteiger partial charge in [-0.15, -0.1) is 0 Å². The van der Waals surface area contributed by atoms with Gasteiger partial charge in [0.15, 0.2) is 5.75 Å². The van der Waals surface area contributed by atoms with Gasteiger partial charge in [0.2, 0.25) is 0 Å². The van der Waals surface area contributed by atoms with Gasteiger partial charge in [0, 0.05) is 37.1 Å². The minimum absolute atomic E-state index is 0.257. The van der Waals surface area contributed by atoms with E-state index in [0.29, 0.717) is 37.5 Å². The van der Waals surface area contributed by atoms with Crippen LogP contribution >= 0.6 is 43.5 Å². The van der Waals surface area contributed by atoms with Gasteiger partial charge in [0.1, 0.15) is 11.4 Å². The van der Waals surface area contributed by atoms with Crippen LogP contribution in [0.2, 0.25) is 5.02 Å². The van der Waals surface area contributed by atoms with Gasteiger partial charge in [0.25, 0.3) is 5.91 Å². The lowest BCUT2D eigenvalue weighted by Crippen LogP contribution is -2.19. The summed E-state index contributed by atoms with van der Waals surface area (Å²) in [5.74, 6) is -0.109. The Labute approximate surface area is 257 Å². The van der Waals surface area contributed by atoms with Gasteiger partial charge in [-0.3, -0.25) is 4.79 Å². The molecule has 0 spiro atoms. The fourth-order valence-corrected chi connectivity index (χ4v) is 5.91. The van der Waals surface area contributed by atoms with Crippen LogP contribution < -0.4 is 14.9 Å². The molecule has 5 rings (SSSR count). The number of esters is 1. The molecule has 206 valence electrons. The first-order valence-corrected chi connectivity index (χ1v) is 14.3. The minimum Gasteiger partial charge on any atom is -0.497 e. The number of ether oxygens (including phenoxy) is 2. The number of carbonyl (C=O) groups is 2. The maximum Gasteiger partial charge on any atom is 0.343 e. The summed E-state index contributed by atoms with van der Waals surface area (Å²) < 4.78 is 12.4. The number of halogens is 3. The van der Waals surface area contributed by atoms with Gasteiger partial charge in [-0.25, -0.2) is 10.2 Å². The summed E-state index contributed by atoms with van der Waals surface area (Å²) in [7, 11) is 1.58. The summed E-state index contributed by atoms with van der Waals surface area (Å²) in [6.45, 7) is 1.90. The molecule has 0 bridgehead atoms. The highest BCUT2D eigenvalue weighted by atomic mass is 79.9. The van der Waals surface area contributed by atoms with Crippen molar-refractivity contribution in [2.75, 3.05) is 7.11 Å². The van der Waals surface area contributed by atoms with Gasteiger partial charge >= 0.3 is 5.97 Å². The zero-order valence-electron chi connectivity index (χ0n) is 21.8. The molecule has 1 amide bonds. The van der Waals surface area contributed by atoms with Crippen molar-refractivity contribution in [3.8, 4) is 22.6 Å². The molecule has 0 fully saturated rings. The molecular weight excluding hydrogens is 674 g/mol. The Hall–Kier alpha value is -3.92. The Balaban J connectivity index is 1.47. The first-order chi connectivity index (χ1) is 19.7. The number of benzene rings is 4. The quantitative estimate of drug-likeness (QED) is 0.0776. The van der Waals surface area contributed by atoms with Crippen molar-refractivity contribution in [1.29, 1.82) is 0 Å². The largest absolute Gasteiger partial charge is 0.497 e. The maximum atomic E-state index is 13.4. The molecule has 2 N–H and O–H groups in total. The first kappa shape index (κ1) is 28.6. The highest BCUT2D eigenvalue weighted by Gasteiger charge is 2.21. The number of H-pyrrole nitrogens is 1. The fraction of sp³-hybridized carbons (Fsp3) is 0.0645. The number of aromatic nitrogens is 1. The molecular formula is C31H22Br2ClN3O4. The highest BCUT2D eigenvalue weighted by Crippen LogP contribution is 2.38. The SMILES string of the molecule is COc1ccc2[nH]c(C(=O)NN=Cc3cc(Br)cc(Br)c3OC(=O)c3cccc(C)c3)c(-c3ccccc3Cl)c2c1. The summed E-state index contributed by atoms with van der Waals surface area (Å²) in [6.07, 6.45) is 1.41. The summed E-state index contributed by atoms with van der Waals surface area (Å²) in [5.41, 5.74) is 6.70. The van der Waals surface area contributed by atoms with Crippen LogP contribution in [0.4, 0.5) is 0 Å². The summed E-state index contributed by atoms with van der Waals surface area (Å²) in [6, 6.07) is 23.4. The number of methoxy groups -OCH3 is 1. The Morgan fingerprint density at radius 2 is 1.80 bits per heavy atom. The third-order valence-corrected chi connectivity index (χ3v) is 7.61. The van der Waals surface area contributed by atoms with Crippen molar-refractivity contribution >= 4 is 72.5 Å². The van der Waals surface area contributed by atoms with Crippen molar-refractivity contribution in [1.82, 2.24) is 10.4 Å². The van der Waals surface area contributed by atoms with E-state index in [2.05, 4.69) is 47.4 Å². The Morgan fingerprint density at radius 3 is 2.56 bits per heavy atom. The average Bonchev–Trinajstić information content (AvgIpc) is 3.33. The molecule has 0 aliphatic heterocycles. The molecule has 1 heterocycles. The van der Waals surface area contributed by atoms with Crippen molar-refractivity contribution in [2.24, 2.45) is 5.10 Å². The number of nitrogens with zero attached hydrogens (tertiary/aromatic N) is 1. The van der Waals surface area contributed by atoms with E-state index in [0.717, 1.165) is 20.9 Å². The molecule has 1 aromatic heterocycles. The highest BCUT2D eigenvalue weighted by molar-refractivity contribution is 9.11. The van der Waals surface area contributed by atoms with E-state index in [1.807, 2.05) is 43.3 Å². The second kappa shape index (κ2) is 12.3. The lowest BCUT2D eigenvalue weighted by Gasteiger charge is -2.11. The van der Waals surface area contributed by atoms with Crippen molar-refractivity contribution in [3.63, 3.8) is 0 Å². The Bertz CT molecular complexity index is 1830. The Morgan fingerprint density at radius 1 is 1.00 bits per heavy atom. The van der Waals surface area contributed by atoms with Crippen LogP contribution in [-0.4, -0.2) is 30.2 Å². The van der Waals surface area contributed by atoms with Gasteiger partial charge in [0.05, 0.1) is 23.4 Å². The predicted molar refractivity (Wildman–Crippen MR) is 168 cm³/mol. The van der Waals surface area contributed by atoms with Crippen LogP contribution in [-0.2, 0) is 0 Å².